The van der Waals surface area contributed by atoms with Gasteiger partial charge in [-0.15, -0.1) is 0 Å². The van der Waals surface area contributed by atoms with Gasteiger partial charge in [0.25, 0.3) is 0 Å². The Hall–Kier alpha value is -1.76. The van der Waals surface area contributed by atoms with Crippen LogP contribution in [0.2, 0.25) is 0 Å². The Morgan fingerprint density at radius 3 is 2.59 bits per heavy atom. The van der Waals surface area contributed by atoms with E-state index in [2.05, 4.69) is 17.6 Å². The predicted octanol–water partition coefficient (Wildman–Crippen LogP) is 1.89. The molecular weight excluding hydrogens is 295 g/mol. The monoisotopic (exact) mass is 316 g/mol. The summed E-state index contributed by atoms with van der Waals surface area (Å²) in [7, 11) is 0. The van der Waals surface area contributed by atoms with Crippen molar-refractivity contribution in [3.8, 4) is 0 Å². The molecule has 0 spiro atoms. The van der Waals surface area contributed by atoms with Crippen LogP contribution < -0.4 is 15.5 Å². The molecule has 1 fully saturated rings. The second-order valence-corrected chi connectivity index (χ2v) is 5.55. The summed E-state index contributed by atoms with van der Waals surface area (Å²) in [6.45, 7) is 5.21. The van der Waals surface area contributed by atoms with Gasteiger partial charge in [-0.05, 0) is 25.1 Å². The Morgan fingerprint density at radius 2 is 2.00 bits per heavy atom. The average molecular weight is 316 g/mol. The van der Waals surface area contributed by atoms with Gasteiger partial charge < -0.3 is 15.5 Å². The number of alkyl halides is 3. The summed E-state index contributed by atoms with van der Waals surface area (Å²) in [4.78, 5) is 13.4. The van der Waals surface area contributed by atoms with Gasteiger partial charge in [0.15, 0.2) is 0 Å². The van der Waals surface area contributed by atoms with Gasteiger partial charge >= 0.3 is 12.2 Å². The van der Waals surface area contributed by atoms with E-state index in [-0.39, 0.29) is 11.7 Å². The standard InChI is InChI=1S/C15H20F3N3O/c1-2-21-8-6-12(7-9-21)19-14(22)20-13-5-3-4-11(10-13)15(16,17)18/h3-5,10,12H,2,6-9H2,1H3,(H2,19,20,22)/p+1. The zero-order valence-corrected chi connectivity index (χ0v) is 12.5. The Labute approximate surface area is 127 Å². The van der Waals surface area contributed by atoms with E-state index in [1.54, 1.807) is 0 Å². The van der Waals surface area contributed by atoms with Crippen LogP contribution in [0.5, 0.6) is 0 Å². The van der Waals surface area contributed by atoms with Crippen LogP contribution >= 0.6 is 0 Å². The van der Waals surface area contributed by atoms with Gasteiger partial charge in [0, 0.05) is 24.6 Å². The Kier molecular flexibility index (Phi) is 5.28. The predicted molar refractivity (Wildman–Crippen MR) is 77.9 cm³/mol. The average Bonchev–Trinajstić information content (AvgIpc) is 2.47. The maximum Gasteiger partial charge on any atom is 0.416 e. The lowest BCUT2D eigenvalue weighted by molar-refractivity contribution is -0.903. The number of carbonyl (C=O) groups is 1. The molecule has 3 N–H and O–H groups in total. The maximum absolute atomic E-state index is 12.6. The molecule has 22 heavy (non-hydrogen) atoms. The van der Waals surface area contributed by atoms with E-state index in [4.69, 9.17) is 0 Å². The first-order valence-electron chi connectivity index (χ1n) is 7.47. The first-order chi connectivity index (χ1) is 10.4. The summed E-state index contributed by atoms with van der Waals surface area (Å²) < 4.78 is 37.9. The molecule has 0 saturated carbocycles. The minimum atomic E-state index is -4.41. The van der Waals surface area contributed by atoms with E-state index >= 15 is 0 Å². The quantitative estimate of drug-likeness (QED) is 0.783. The summed E-state index contributed by atoms with van der Waals surface area (Å²) in [5.74, 6) is 0. The fraction of sp³-hybridized carbons (Fsp3) is 0.533. The zero-order chi connectivity index (χ0) is 16.2. The van der Waals surface area contributed by atoms with Crippen LogP contribution in [0.1, 0.15) is 25.3 Å². The minimum Gasteiger partial charge on any atom is -0.335 e. The van der Waals surface area contributed by atoms with Gasteiger partial charge in [-0.1, -0.05) is 6.07 Å². The summed E-state index contributed by atoms with van der Waals surface area (Å²) in [6.07, 6.45) is -2.64. The van der Waals surface area contributed by atoms with Crippen LogP contribution in [0, 0.1) is 0 Å². The number of quaternary nitrogens is 1. The highest BCUT2D eigenvalue weighted by Crippen LogP contribution is 2.30. The number of urea groups is 1. The first-order valence-corrected chi connectivity index (χ1v) is 7.47. The SMILES string of the molecule is CC[NH+]1CCC(NC(=O)Nc2cccc(C(F)(F)F)c2)CC1. The highest BCUT2D eigenvalue weighted by atomic mass is 19.4. The van der Waals surface area contributed by atoms with E-state index in [0.29, 0.717) is 0 Å². The lowest BCUT2D eigenvalue weighted by atomic mass is 10.1. The second-order valence-electron chi connectivity index (χ2n) is 5.55. The molecule has 0 aliphatic carbocycles. The minimum absolute atomic E-state index is 0.0844. The summed E-state index contributed by atoms with van der Waals surface area (Å²) in [5, 5.41) is 5.30. The third-order valence-corrected chi connectivity index (χ3v) is 3.98. The molecule has 0 bridgehead atoms. The molecule has 1 aliphatic rings. The van der Waals surface area contributed by atoms with Crippen LogP contribution in [-0.2, 0) is 6.18 Å². The molecule has 2 rings (SSSR count). The molecule has 122 valence electrons. The van der Waals surface area contributed by atoms with E-state index in [9.17, 15) is 18.0 Å². The topological polar surface area (TPSA) is 45.6 Å². The summed E-state index contributed by atoms with van der Waals surface area (Å²) in [6, 6.07) is 4.26. The molecule has 0 unspecified atom stereocenters. The number of rotatable bonds is 3. The second kappa shape index (κ2) is 7.00. The van der Waals surface area contributed by atoms with Crippen molar-refractivity contribution in [3.05, 3.63) is 29.8 Å². The molecule has 1 aromatic carbocycles. The van der Waals surface area contributed by atoms with Gasteiger partial charge in [0.1, 0.15) is 0 Å². The molecule has 4 nitrogen and oxygen atoms in total. The van der Waals surface area contributed by atoms with Crippen molar-refractivity contribution in [3.63, 3.8) is 0 Å². The molecule has 0 atom stereocenters. The fourth-order valence-corrected chi connectivity index (χ4v) is 2.65. The maximum atomic E-state index is 12.6. The summed E-state index contributed by atoms with van der Waals surface area (Å²) in [5.41, 5.74) is -0.630. The van der Waals surface area contributed by atoms with Gasteiger partial charge in [0.05, 0.1) is 25.2 Å². The van der Waals surface area contributed by atoms with E-state index in [1.165, 1.54) is 17.0 Å². The van der Waals surface area contributed by atoms with Crippen LogP contribution in [-0.4, -0.2) is 31.7 Å². The van der Waals surface area contributed by atoms with Crippen molar-refractivity contribution in [1.82, 2.24) is 5.32 Å². The number of benzene rings is 1. The highest BCUT2D eigenvalue weighted by Gasteiger charge is 2.30. The van der Waals surface area contributed by atoms with Crippen molar-refractivity contribution < 1.29 is 22.9 Å². The van der Waals surface area contributed by atoms with Crippen molar-refractivity contribution in [2.45, 2.75) is 32.0 Å². The molecule has 7 heteroatoms. The molecule has 0 radical (unpaired) electrons. The normalized spacial score (nSPS) is 22.2. The Bertz CT molecular complexity index is 511. The number of hydrogen-bond acceptors (Lipinski definition) is 1. The Morgan fingerprint density at radius 1 is 1.32 bits per heavy atom. The number of amides is 2. The number of hydrogen-bond donors (Lipinski definition) is 3. The van der Waals surface area contributed by atoms with Crippen LogP contribution in [0.3, 0.4) is 0 Å². The molecular formula is C15H21F3N3O+. The van der Waals surface area contributed by atoms with Crippen LogP contribution in [0.15, 0.2) is 24.3 Å². The third-order valence-electron chi connectivity index (χ3n) is 3.98. The fourth-order valence-electron chi connectivity index (χ4n) is 2.65. The van der Waals surface area contributed by atoms with E-state index in [0.717, 1.165) is 44.6 Å². The smallest absolute Gasteiger partial charge is 0.335 e. The zero-order valence-electron chi connectivity index (χ0n) is 12.5. The van der Waals surface area contributed by atoms with E-state index in [1.807, 2.05) is 0 Å². The van der Waals surface area contributed by atoms with Crippen molar-refractivity contribution in [1.29, 1.82) is 0 Å². The lowest BCUT2D eigenvalue weighted by Crippen LogP contribution is -3.13. The van der Waals surface area contributed by atoms with Crippen molar-refractivity contribution in [2.24, 2.45) is 0 Å². The number of carbonyl (C=O) groups excluding carboxylic acids is 1. The highest BCUT2D eigenvalue weighted by molar-refractivity contribution is 5.89. The molecule has 2 amide bonds. The van der Waals surface area contributed by atoms with Crippen LogP contribution in [0.25, 0.3) is 0 Å². The number of piperidine rings is 1. The number of nitrogens with one attached hydrogen (secondary N) is 3. The number of halogens is 3. The van der Waals surface area contributed by atoms with Gasteiger partial charge in [-0.25, -0.2) is 4.79 Å². The van der Waals surface area contributed by atoms with Crippen molar-refractivity contribution in [2.75, 3.05) is 25.0 Å². The molecule has 0 aromatic heterocycles. The third kappa shape index (κ3) is 4.62. The van der Waals surface area contributed by atoms with E-state index < -0.39 is 17.8 Å². The van der Waals surface area contributed by atoms with Gasteiger partial charge in [-0.2, -0.15) is 13.2 Å². The first kappa shape index (κ1) is 16.6. The Balaban J connectivity index is 1.87. The number of likely N-dealkylation sites (tertiary alicyclic amines) is 1. The van der Waals surface area contributed by atoms with Gasteiger partial charge in [-0.3, -0.25) is 0 Å². The molecule has 1 aromatic rings. The van der Waals surface area contributed by atoms with Crippen molar-refractivity contribution >= 4 is 11.7 Å². The summed E-state index contributed by atoms with van der Waals surface area (Å²) >= 11 is 0. The largest absolute Gasteiger partial charge is 0.416 e. The lowest BCUT2D eigenvalue weighted by Gasteiger charge is -2.28. The van der Waals surface area contributed by atoms with Gasteiger partial charge in [0.2, 0.25) is 0 Å². The molecule has 1 aliphatic heterocycles. The molecule has 1 saturated heterocycles. The van der Waals surface area contributed by atoms with Crippen LogP contribution in [0.4, 0.5) is 23.7 Å². The number of anilines is 1. The molecule has 1 heterocycles.